The number of nitrogens with one attached hydrogen (secondary N) is 2. The number of hydrogen-bond donors (Lipinski definition) is 2. The van der Waals surface area contributed by atoms with Crippen molar-refractivity contribution in [1.29, 1.82) is 0 Å². The summed E-state index contributed by atoms with van der Waals surface area (Å²) in [6.07, 6.45) is 3.28. The van der Waals surface area contributed by atoms with Crippen LogP contribution in [0.25, 0.3) is 0 Å². The predicted molar refractivity (Wildman–Crippen MR) is 53.9 cm³/mol. The second kappa shape index (κ2) is 3.07. The fourth-order valence-corrected chi connectivity index (χ4v) is 2.61. The molecule has 0 unspecified atom stereocenters. The molecule has 3 heterocycles. The Morgan fingerprint density at radius 2 is 2.57 bits per heavy atom. The van der Waals surface area contributed by atoms with Crippen LogP contribution in [0, 0.1) is 6.92 Å². The Balaban J connectivity index is 1.68. The Morgan fingerprint density at radius 1 is 1.64 bits per heavy atom. The molecule has 2 N–H and O–H groups in total. The highest BCUT2D eigenvalue weighted by atomic mass is 15.3. The number of aromatic amines is 1. The summed E-state index contributed by atoms with van der Waals surface area (Å²) in [7, 11) is 0. The number of hydrogen-bond acceptors (Lipinski definition) is 3. The standard InChI is InChI=1S/C10H16N4/c1-7-11-3-9(13-7)6-14-5-8-2-10(14)4-12-8/h3,8,10,12H,2,4-6H2,1H3,(H,11,13)/t8-,10-/m0/s1. The van der Waals surface area contributed by atoms with Gasteiger partial charge in [-0.2, -0.15) is 0 Å². The summed E-state index contributed by atoms with van der Waals surface area (Å²) < 4.78 is 0. The Hall–Kier alpha value is -0.870. The molecular weight excluding hydrogens is 176 g/mol. The summed E-state index contributed by atoms with van der Waals surface area (Å²) in [6, 6.07) is 1.49. The van der Waals surface area contributed by atoms with Crippen LogP contribution in [0.2, 0.25) is 0 Å². The van der Waals surface area contributed by atoms with Gasteiger partial charge in [-0.15, -0.1) is 0 Å². The summed E-state index contributed by atoms with van der Waals surface area (Å²) in [5, 5.41) is 3.51. The van der Waals surface area contributed by atoms with Crippen LogP contribution in [0.15, 0.2) is 6.20 Å². The lowest BCUT2D eigenvalue weighted by molar-refractivity contribution is 0.215. The quantitative estimate of drug-likeness (QED) is 0.706. The van der Waals surface area contributed by atoms with Crippen molar-refractivity contribution in [3.05, 3.63) is 17.7 Å². The van der Waals surface area contributed by atoms with Gasteiger partial charge in [0.25, 0.3) is 0 Å². The summed E-state index contributed by atoms with van der Waals surface area (Å²) >= 11 is 0. The lowest BCUT2D eigenvalue weighted by Gasteiger charge is -2.26. The Morgan fingerprint density at radius 3 is 3.14 bits per heavy atom. The van der Waals surface area contributed by atoms with Crippen LogP contribution in [0.4, 0.5) is 0 Å². The van der Waals surface area contributed by atoms with Crippen LogP contribution in [-0.4, -0.2) is 40.0 Å². The van der Waals surface area contributed by atoms with E-state index >= 15 is 0 Å². The maximum Gasteiger partial charge on any atom is 0.103 e. The normalized spacial score (nSPS) is 31.5. The van der Waals surface area contributed by atoms with E-state index in [4.69, 9.17) is 0 Å². The van der Waals surface area contributed by atoms with E-state index in [9.17, 15) is 0 Å². The molecule has 0 radical (unpaired) electrons. The molecule has 1 aromatic heterocycles. The van der Waals surface area contributed by atoms with Gasteiger partial charge in [0.15, 0.2) is 0 Å². The van der Waals surface area contributed by atoms with Crippen LogP contribution in [0.1, 0.15) is 17.9 Å². The summed E-state index contributed by atoms with van der Waals surface area (Å²) in [5.41, 5.74) is 1.25. The molecule has 3 rings (SSSR count). The monoisotopic (exact) mass is 192 g/mol. The van der Waals surface area contributed by atoms with Crippen LogP contribution < -0.4 is 5.32 Å². The van der Waals surface area contributed by atoms with E-state index in [1.54, 1.807) is 0 Å². The zero-order valence-corrected chi connectivity index (χ0v) is 8.45. The van der Waals surface area contributed by atoms with E-state index in [0.29, 0.717) is 0 Å². The van der Waals surface area contributed by atoms with E-state index < -0.39 is 0 Å². The molecule has 0 spiro atoms. The minimum atomic E-state index is 0.740. The van der Waals surface area contributed by atoms with Gasteiger partial charge in [-0.3, -0.25) is 4.90 Å². The van der Waals surface area contributed by atoms with Gasteiger partial charge in [0.2, 0.25) is 0 Å². The third-order valence-corrected chi connectivity index (χ3v) is 3.30. The number of H-pyrrole nitrogens is 1. The second-order valence-electron chi connectivity index (χ2n) is 4.42. The molecule has 0 saturated carbocycles. The van der Waals surface area contributed by atoms with Crippen LogP contribution in [0.5, 0.6) is 0 Å². The smallest absolute Gasteiger partial charge is 0.103 e. The summed E-state index contributed by atoms with van der Waals surface area (Å²) in [4.78, 5) is 10.1. The van der Waals surface area contributed by atoms with Gasteiger partial charge in [-0.05, 0) is 13.3 Å². The Bertz CT molecular complexity index is 333. The topological polar surface area (TPSA) is 44.0 Å². The van der Waals surface area contributed by atoms with Crippen molar-refractivity contribution in [3.63, 3.8) is 0 Å². The molecule has 76 valence electrons. The molecule has 2 fully saturated rings. The fraction of sp³-hybridized carbons (Fsp3) is 0.700. The minimum absolute atomic E-state index is 0.740. The number of likely N-dealkylation sites (tertiary alicyclic amines) is 1. The number of fused-ring (bicyclic) bond motifs is 2. The van der Waals surface area contributed by atoms with Gasteiger partial charge in [0.05, 0.1) is 0 Å². The first-order valence-electron chi connectivity index (χ1n) is 5.29. The van der Waals surface area contributed by atoms with Crippen LogP contribution in [0.3, 0.4) is 0 Å². The third kappa shape index (κ3) is 1.35. The van der Waals surface area contributed by atoms with Gasteiger partial charge < -0.3 is 10.3 Å². The zero-order chi connectivity index (χ0) is 9.54. The van der Waals surface area contributed by atoms with Gasteiger partial charge in [0, 0.05) is 43.6 Å². The Kier molecular flexibility index (Phi) is 1.85. The molecule has 2 saturated heterocycles. The number of rotatable bonds is 2. The van der Waals surface area contributed by atoms with E-state index in [1.807, 2.05) is 13.1 Å². The first-order chi connectivity index (χ1) is 6.81. The van der Waals surface area contributed by atoms with E-state index in [1.165, 1.54) is 18.7 Å². The van der Waals surface area contributed by atoms with Crippen molar-refractivity contribution in [1.82, 2.24) is 20.2 Å². The average molecular weight is 192 g/mol. The number of nitrogens with zero attached hydrogens (tertiary/aromatic N) is 2. The average Bonchev–Trinajstić information content (AvgIpc) is 2.82. The van der Waals surface area contributed by atoms with Gasteiger partial charge in [0.1, 0.15) is 5.82 Å². The Labute approximate surface area is 83.7 Å². The molecule has 4 heteroatoms. The molecule has 4 nitrogen and oxygen atoms in total. The molecule has 2 bridgehead atoms. The SMILES string of the molecule is Cc1ncc(CN2C[C@@H]3C[C@H]2CN3)[nH]1. The zero-order valence-electron chi connectivity index (χ0n) is 8.45. The maximum absolute atomic E-state index is 4.22. The first-order valence-corrected chi connectivity index (χ1v) is 5.29. The van der Waals surface area contributed by atoms with Crippen LogP contribution >= 0.6 is 0 Å². The van der Waals surface area contributed by atoms with Gasteiger partial charge in [-0.1, -0.05) is 0 Å². The summed E-state index contributed by atoms with van der Waals surface area (Å²) in [5.74, 6) is 1.02. The lowest BCUT2D eigenvalue weighted by Crippen LogP contribution is -2.43. The van der Waals surface area contributed by atoms with Crippen molar-refractivity contribution in [3.8, 4) is 0 Å². The number of aromatic nitrogens is 2. The predicted octanol–water partition coefficient (Wildman–Crippen LogP) is 0.264. The van der Waals surface area contributed by atoms with Crippen molar-refractivity contribution in [2.24, 2.45) is 0 Å². The molecule has 0 aromatic carbocycles. The number of piperazine rings is 1. The minimum Gasteiger partial charge on any atom is -0.345 e. The largest absolute Gasteiger partial charge is 0.345 e. The van der Waals surface area contributed by atoms with Crippen molar-refractivity contribution in [2.45, 2.75) is 32.0 Å². The number of aryl methyl sites for hydroxylation is 1. The molecular formula is C10H16N4. The third-order valence-electron chi connectivity index (χ3n) is 3.30. The second-order valence-corrected chi connectivity index (χ2v) is 4.42. The van der Waals surface area contributed by atoms with E-state index in [0.717, 1.165) is 31.0 Å². The molecule has 2 aliphatic heterocycles. The van der Waals surface area contributed by atoms with E-state index in [-0.39, 0.29) is 0 Å². The van der Waals surface area contributed by atoms with Gasteiger partial charge in [-0.25, -0.2) is 4.98 Å². The number of imidazole rings is 1. The maximum atomic E-state index is 4.22. The van der Waals surface area contributed by atoms with Crippen LogP contribution in [-0.2, 0) is 6.54 Å². The first kappa shape index (κ1) is 8.44. The molecule has 2 aliphatic rings. The van der Waals surface area contributed by atoms with Crippen molar-refractivity contribution < 1.29 is 0 Å². The molecule has 14 heavy (non-hydrogen) atoms. The van der Waals surface area contributed by atoms with Gasteiger partial charge >= 0.3 is 0 Å². The fourth-order valence-electron chi connectivity index (χ4n) is 2.61. The highest BCUT2D eigenvalue weighted by Crippen LogP contribution is 2.24. The summed E-state index contributed by atoms with van der Waals surface area (Å²) in [6.45, 7) is 5.39. The van der Waals surface area contributed by atoms with Crippen molar-refractivity contribution >= 4 is 0 Å². The van der Waals surface area contributed by atoms with E-state index in [2.05, 4.69) is 20.2 Å². The lowest BCUT2D eigenvalue weighted by atomic mass is 10.2. The highest BCUT2D eigenvalue weighted by molar-refractivity contribution is 5.04. The molecule has 1 aromatic rings. The molecule has 0 aliphatic carbocycles. The molecule has 0 amide bonds. The van der Waals surface area contributed by atoms with Crippen molar-refractivity contribution in [2.75, 3.05) is 13.1 Å². The highest BCUT2D eigenvalue weighted by Gasteiger charge is 2.37. The molecule has 2 atom stereocenters.